The molecular weight excluding hydrogens is 421 g/mol. The van der Waals surface area contributed by atoms with Crippen molar-refractivity contribution in [2.24, 2.45) is 0 Å². The normalized spacial score (nSPS) is 14.2. The molecule has 29 heavy (non-hydrogen) atoms. The third kappa shape index (κ3) is 8.74. The zero-order valence-corrected chi connectivity index (χ0v) is 19.2. The average Bonchev–Trinajstić information content (AvgIpc) is 2.70. The summed E-state index contributed by atoms with van der Waals surface area (Å²) in [4.78, 5) is 16.8. The molecule has 1 heterocycles. The van der Waals surface area contributed by atoms with Crippen LogP contribution in [0.15, 0.2) is 12.1 Å². The maximum Gasteiger partial charge on any atom is 0.257 e. The third-order valence-corrected chi connectivity index (χ3v) is 4.58. The van der Waals surface area contributed by atoms with Gasteiger partial charge in [-0.2, -0.15) is 0 Å². The zero-order valence-electron chi connectivity index (χ0n) is 17.6. The van der Waals surface area contributed by atoms with E-state index in [1.54, 1.807) is 12.1 Å². The van der Waals surface area contributed by atoms with E-state index in [9.17, 15) is 4.79 Å². The van der Waals surface area contributed by atoms with Crippen LogP contribution in [0.1, 0.15) is 6.42 Å². The van der Waals surface area contributed by atoms with Gasteiger partial charge in [-0.05, 0) is 20.0 Å². The number of ether oxygens (including phenoxy) is 4. The molecule has 1 aliphatic rings. The highest BCUT2D eigenvalue weighted by atomic mass is 35.5. The van der Waals surface area contributed by atoms with E-state index in [1.807, 2.05) is 0 Å². The number of hydrogen-bond donors (Lipinski definition) is 1. The molecule has 1 fully saturated rings. The number of likely N-dealkylation sites (N-methyl/N-ethyl adjacent to an activating group) is 1. The van der Waals surface area contributed by atoms with Crippen LogP contribution in [0.5, 0.6) is 23.0 Å². The van der Waals surface area contributed by atoms with Gasteiger partial charge in [0, 0.05) is 44.9 Å². The summed E-state index contributed by atoms with van der Waals surface area (Å²) < 4.78 is 21.4. The molecule has 1 aromatic carbocycles. The van der Waals surface area contributed by atoms with E-state index in [2.05, 4.69) is 22.2 Å². The highest BCUT2D eigenvalue weighted by Crippen LogP contribution is 2.40. The number of piperazine rings is 1. The van der Waals surface area contributed by atoms with E-state index >= 15 is 0 Å². The molecule has 0 saturated carbocycles. The van der Waals surface area contributed by atoms with E-state index in [4.69, 9.17) is 18.9 Å². The van der Waals surface area contributed by atoms with Crippen LogP contribution in [-0.2, 0) is 4.79 Å². The molecule has 1 aromatic rings. The molecule has 1 N–H and O–H groups in total. The number of halogens is 2. The lowest BCUT2D eigenvalue weighted by atomic mass is 10.2. The van der Waals surface area contributed by atoms with Crippen molar-refractivity contribution in [3.05, 3.63) is 12.1 Å². The number of amides is 1. The summed E-state index contributed by atoms with van der Waals surface area (Å²) in [5, 5.41) is 2.89. The van der Waals surface area contributed by atoms with Crippen LogP contribution < -0.4 is 24.3 Å². The van der Waals surface area contributed by atoms with Crippen molar-refractivity contribution in [2.45, 2.75) is 6.42 Å². The Labute approximate surface area is 185 Å². The molecular formula is C19H33Cl2N3O5. The molecule has 8 nitrogen and oxygen atoms in total. The SMILES string of the molecule is COc1cc(OCC(=O)NCCCN2CCN(C)CC2)cc(OC)c1OC.Cl.Cl. The van der Waals surface area contributed by atoms with Gasteiger partial charge in [0.1, 0.15) is 5.75 Å². The number of carbonyl (C=O) groups is 1. The Morgan fingerprint density at radius 3 is 2.10 bits per heavy atom. The van der Waals surface area contributed by atoms with Crippen LogP contribution in [0.4, 0.5) is 0 Å². The van der Waals surface area contributed by atoms with Crippen LogP contribution in [0, 0.1) is 0 Å². The minimum absolute atomic E-state index is 0. The van der Waals surface area contributed by atoms with Crippen molar-refractivity contribution in [3.8, 4) is 23.0 Å². The lowest BCUT2D eigenvalue weighted by Crippen LogP contribution is -2.45. The van der Waals surface area contributed by atoms with Crippen LogP contribution in [0.3, 0.4) is 0 Å². The molecule has 10 heteroatoms. The van der Waals surface area contributed by atoms with E-state index in [1.165, 1.54) is 21.3 Å². The van der Waals surface area contributed by atoms with Gasteiger partial charge in [0.2, 0.25) is 5.75 Å². The van der Waals surface area contributed by atoms with Crippen molar-refractivity contribution in [1.29, 1.82) is 0 Å². The smallest absolute Gasteiger partial charge is 0.257 e. The number of carbonyl (C=O) groups excluding carboxylic acids is 1. The number of rotatable bonds is 10. The number of nitrogens with one attached hydrogen (secondary N) is 1. The second-order valence-electron chi connectivity index (χ2n) is 6.50. The summed E-state index contributed by atoms with van der Waals surface area (Å²) in [6, 6.07) is 3.34. The monoisotopic (exact) mass is 453 g/mol. The standard InChI is InChI=1S/C19H31N3O5.2ClH/c1-21-8-10-22(11-9-21)7-5-6-20-18(23)14-27-15-12-16(24-2)19(26-4)17(13-15)25-3;;/h12-13H,5-11,14H2,1-4H3,(H,20,23);2*1H. The van der Waals surface area contributed by atoms with Crippen LogP contribution in [-0.4, -0.2) is 90.0 Å². The van der Waals surface area contributed by atoms with Gasteiger partial charge in [0.15, 0.2) is 18.1 Å². The molecule has 168 valence electrons. The van der Waals surface area contributed by atoms with Gasteiger partial charge in [-0.3, -0.25) is 4.79 Å². The van der Waals surface area contributed by atoms with Gasteiger partial charge in [-0.15, -0.1) is 24.8 Å². The maximum absolute atomic E-state index is 12.0. The Kier molecular flexibility index (Phi) is 13.6. The van der Waals surface area contributed by atoms with E-state index in [0.29, 0.717) is 29.5 Å². The van der Waals surface area contributed by atoms with E-state index < -0.39 is 0 Å². The fourth-order valence-corrected chi connectivity index (χ4v) is 2.94. The second kappa shape index (κ2) is 14.4. The minimum Gasteiger partial charge on any atom is -0.493 e. The zero-order chi connectivity index (χ0) is 19.6. The maximum atomic E-state index is 12.0. The van der Waals surface area contributed by atoms with Crippen LogP contribution >= 0.6 is 24.8 Å². The van der Waals surface area contributed by atoms with Crippen LogP contribution in [0.2, 0.25) is 0 Å². The van der Waals surface area contributed by atoms with E-state index in [0.717, 1.165) is 39.1 Å². The van der Waals surface area contributed by atoms with Gasteiger partial charge in [0.25, 0.3) is 5.91 Å². The average molecular weight is 454 g/mol. The number of benzene rings is 1. The van der Waals surface area contributed by atoms with Crippen molar-refractivity contribution >= 4 is 30.7 Å². The van der Waals surface area contributed by atoms with Gasteiger partial charge in [0.05, 0.1) is 21.3 Å². The topological polar surface area (TPSA) is 72.5 Å². The van der Waals surface area contributed by atoms with Crippen molar-refractivity contribution in [3.63, 3.8) is 0 Å². The molecule has 0 radical (unpaired) electrons. The van der Waals surface area contributed by atoms with Crippen LogP contribution in [0.25, 0.3) is 0 Å². The molecule has 1 saturated heterocycles. The molecule has 0 unspecified atom stereocenters. The Morgan fingerprint density at radius 2 is 1.59 bits per heavy atom. The van der Waals surface area contributed by atoms with Gasteiger partial charge in [-0.25, -0.2) is 0 Å². The molecule has 0 aromatic heterocycles. The highest BCUT2D eigenvalue weighted by molar-refractivity contribution is 5.85. The van der Waals surface area contributed by atoms with Gasteiger partial charge >= 0.3 is 0 Å². The molecule has 0 bridgehead atoms. The molecule has 0 spiro atoms. The summed E-state index contributed by atoms with van der Waals surface area (Å²) in [6.07, 6.45) is 0.930. The predicted octanol–water partition coefficient (Wildman–Crippen LogP) is 1.69. The van der Waals surface area contributed by atoms with Gasteiger partial charge in [-0.1, -0.05) is 0 Å². The lowest BCUT2D eigenvalue weighted by molar-refractivity contribution is -0.123. The lowest BCUT2D eigenvalue weighted by Gasteiger charge is -2.32. The first-order valence-electron chi connectivity index (χ1n) is 9.17. The first kappa shape index (κ1) is 27.4. The molecule has 1 aliphatic heterocycles. The van der Waals surface area contributed by atoms with Crippen molar-refractivity contribution < 1.29 is 23.7 Å². The largest absolute Gasteiger partial charge is 0.493 e. The second-order valence-corrected chi connectivity index (χ2v) is 6.50. The fourth-order valence-electron chi connectivity index (χ4n) is 2.94. The molecule has 0 atom stereocenters. The summed E-state index contributed by atoms with van der Waals surface area (Å²) >= 11 is 0. The molecule has 0 aliphatic carbocycles. The number of hydrogen-bond acceptors (Lipinski definition) is 7. The number of nitrogens with zero attached hydrogens (tertiary/aromatic N) is 2. The first-order valence-corrected chi connectivity index (χ1v) is 9.17. The Bertz CT molecular complexity index is 589. The Balaban J connectivity index is 0.00000392. The number of methoxy groups -OCH3 is 3. The molecule has 1 amide bonds. The molecule has 2 rings (SSSR count). The highest BCUT2D eigenvalue weighted by Gasteiger charge is 2.15. The first-order chi connectivity index (χ1) is 13.1. The summed E-state index contributed by atoms with van der Waals surface area (Å²) in [7, 11) is 6.75. The third-order valence-electron chi connectivity index (χ3n) is 4.58. The van der Waals surface area contributed by atoms with E-state index in [-0.39, 0.29) is 37.3 Å². The fraction of sp³-hybridized carbons (Fsp3) is 0.632. The predicted molar refractivity (Wildman–Crippen MR) is 118 cm³/mol. The summed E-state index contributed by atoms with van der Waals surface area (Å²) in [5.41, 5.74) is 0. The van der Waals surface area contributed by atoms with Crippen molar-refractivity contribution in [2.75, 3.05) is 74.3 Å². The Hall–Kier alpha value is -1.61. The summed E-state index contributed by atoms with van der Waals surface area (Å²) in [6.45, 7) is 5.98. The quantitative estimate of drug-likeness (QED) is 0.540. The van der Waals surface area contributed by atoms with Crippen molar-refractivity contribution in [1.82, 2.24) is 15.1 Å². The Morgan fingerprint density at radius 1 is 1.00 bits per heavy atom. The summed E-state index contributed by atoms with van der Waals surface area (Å²) in [5.74, 6) is 1.79. The minimum atomic E-state index is -0.151. The van der Waals surface area contributed by atoms with Gasteiger partial charge < -0.3 is 34.1 Å².